The number of amides is 1. The number of aliphatic hydroxyl groups excluding tert-OH is 1. The smallest absolute Gasteiger partial charge is 0.293 e. The Hall–Kier alpha value is -3.07. The van der Waals surface area contributed by atoms with Crippen molar-refractivity contribution in [2.45, 2.75) is 25.0 Å². The predicted molar refractivity (Wildman–Crippen MR) is 99.7 cm³/mol. The van der Waals surface area contributed by atoms with Crippen LogP contribution in [0.25, 0.3) is 5.78 Å². The number of fused-ring (bicyclic) bond motifs is 2. The van der Waals surface area contributed by atoms with E-state index in [1.54, 1.807) is 35.5 Å². The van der Waals surface area contributed by atoms with Crippen molar-refractivity contribution in [3.05, 3.63) is 54.4 Å². The molecule has 1 N–H and O–H groups in total. The van der Waals surface area contributed by atoms with Gasteiger partial charge in [0.1, 0.15) is 17.7 Å². The van der Waals surface area contributed by atoms with E-state index >= 15 is 0 Å². The summed E-state index contributed by atoms with van der Waals surface area (Å²) in [5, 5.41) is 14.7. The van der Waals surface area contributed by atoms with Gasteiger partial charge in [-0.15, -0.1) is 5.10 Å². The van der Waals surface area contributed by atoms with Crippen LogP contribution in [0.5, 0.6) is 5.75 Å². The fraction of sp³-hybridized carbons (Fsp3) is 0.400. The molecule has 8 nitrogen and oxygen atoms in total. The summed E-state index contributed by atoms with van der Waals surface area (Å²) < 4.78 is 20.5. The normalized spacial score (nSPS) is 26.5. The van der Waals surface area contributed by atoms with Crippen molar-refractivity contribution in [2.24, 2.45) is 11.8 Å². The van der Waals surface area contributed by atoms with Crippen LogP contribution in [0.2, 0.25) is 0 Å². The van der Waals surface area contributed by atoms with E-state index in [0.717, 1.165) is 0 Å². The van der Waals surface area contributed by atoms with Crippen molar-refractivity contribution in [1.29, 1.82) is 0 Å². The number of hydrogen-bond donors (Lipinski definition) is 1. The largest absolute Gasteiger partial charge is 0.488 e. The Morgan fingerprint density at radius 1 is 1.17 bits per heavy atom. The number of rotatable bonds is 3. The summed E-state index contributed by atoms with van der Waals surface area (Å²) in [6.07, 6.45) is 3.48. The average Bonchev–Trinajstić information content (AvgIpc) is 3.33. The molecule has 1 saturated carbocycles. The first-order valence-electron chi connectivity index (χ1n) is 9.64. The van der Waals surface area contributed by atoms with Gasteiger partial charge in [-0.1, -0.05) is 0 Å². The lowest BCUT2D eigenvalue weighted by Gasteiger charge is -2.35. The molecule has 29 heavy (non-hydrogen) atoms. The molecule has 2 fully saturated rings. The Bertz CT molecular complexity index is 1010. The predicted octanol–water partition coefficient (Wildman–Crippen LogP) is 1.55. The fourth-order valence-corrected chi connectivity index (χ4v) is 4.34. The highest BCUT2D eigenvalue weighted by atomic mass is 19.1. The molecular formula is C20H20FN5O3. The summed E-state index contributed by atoms with van der Waals surface area (Å²) in [6.45, 7) is 1.13. The molecule has 150 valence electrons. The van der Waals surface area contributed by atoms with E-state index < -0.39 is 6.10 Å². The quantitative estimate of drug-likeness (QED) is 0.721. The number of carbonyl (C=O) groups excluding carboxylic acids is 1. The van der Waals surface area contributed by atoms with E-state index in [1.807, 2.05) is 0 Å². The summed E-state index contributed by atoms with van der Waals surface area (Å²) in [5.74, 6) is 0.914. The molecule has 5 rings (SSSR count). The molecule has 0 bridgehead atoms. The lowest BCUT2D eigenvalue weighted by atomic mass is 9.78. The average molecular weight is 397 g/mol. The second kappa shape index (κ2) is 7.07. The molecule has 0 unspecified atom stereocenters. The lowest BCUT2D eigenvalue weighted by Crippen LogP contribution is -2.42. The molecule has 3 aromatic rings. The number of nitrogens with zero attached hydrogens (tertiary/aromatic N) is 5. The highest BCUT2D eigenvalue weighted by Gasteiger charge is 2.44. The van der Waals surface area contributed by atoms with Gasteiger partial charge < -0.3 is 14.7 Å². The van der Waals surface area contributed by atoms with Crippen molar-refractivity contribution in [1.82, 2.24) is 24.5 Å². The first kappa shape index (κ1) is 18.0. The van der Waals surface area contributed by atoms with Gasteiger partial charge in [0.25, 0.3) is 11.7 Å². The molecular weight excluding hydrogens is 377 g/mol. The van der Waals surface area contributed by atoms with Crippen LogP contribution in [-0.4, -0.2) is 60.8 Å². The van der Waals surface area contributed by atoms with Crippen LogP contribution in [0.1, 0.15) is 23.5 Å². The maximum Gasteiger partial charge on any atom is 0.293 e. The number of aromatic nitrogens is 4. The minimum Gasteiger partial charge on any atom is -0.488 e. The van der Waals surface area contributed by atoms with Crippen LogP contribution in [0, 0.1) is 17.7 Å². The van der Waals surface area contributed by atoms with Gasteiger partial charge in [0.15, 0.2) is 0 Å². The number of halogens is 1. The Balaban J connectivity index is 1.27. The van der Waals surface area contributed by atoms with Crippen molar-refractivity contribution in [3.63, 3.8) is 0 Å². The summed E-state index contributed by atoms with van der Waals surface area (Å²) in [7, 11) is 0. The molecule has 2 aromatic heterocycles. The minimum atomic E-state index is -0.631. The second-order valence-corrected chi connectivity index (χ2v) is 7.68. The van der Waals surface area contributed by atoms with Crippen LogP contribution >= 0.6 is 0 Å². The highest BCUT2D eigenvalue weighted by Crippen LogP contribution is 2.38. The first-order chi connectivity index (χ1) is 14.1. The standard InChI is InChI=1S/C20H20FN5O3/c21-14-2-4-15(5-3-14)29-17-9-13-11-25(10-12(13)8-16(17)27)19(28)18-23-20-22-6-1-7-26(20)24-18/h1-7,12-13,16-17,27H,8-11H2/t12-,13+,16+,17+/m0/s1. The number of aliphatic hydroxyl groups is 1. The van der Waals surface area contributed by atoms with Crippen LogP contribution in [-0.2, 0) is 0 Å². The molecule has 0 spiro atoms. The van der Waals surface area contributed by atoms with E-state index in [0.29, 0.717) is 37.5 Å². The van der Waals surface area contributed by atoms with Gasteiger partial charge >= 0.3 is 0 Å². The number of benzene rings is 1. The van der Waals surface area contributed by atoms with Crippen molar-refractivity contribution >= 4 is 11.7 Å². The molecule has 1 aliphatic heterocycles. The molecule has 2 aliphatic rings. The molecule has 4 atom stereocenters. The molecule has 1 aliphatic carbocycles. The van der Waals surface area contributed by atoms with Crippen LogP contribution in [0.3, 0.4) is 0 Å². The van der Waals surface area contributed by atoms with Crippen LogP contribution in [0.4, 0.5) is 4.39 Å². The molecule has 9 heteroatoms. The summed E-state index contributed by atoms with van der Waals surface area (Å²) in [6, 6.07) is 7.51. The number of carbonyl (C=O) groups is 1. The molecule has 0 radical (unpaired) electrons. The summed E-state index contributed by atoms with van der Waals surface area (Å²) >= 11 is 0. The number of likely N-dealkylation sites (tertiary alicyclic amines) is 1. The maximum atomic E-state index is 13.1. The van der Waals surface area contributed by atoms with Crippen LogP contribution in [0.15, 0.2) is 42.7 Å². The van der Waals surface area contributed by atoms with E-state index in [-0.39, 0.29) is 35.5 Å². The van der Waals surface area contributed by atoms with Crippen LogP contribution < -0.4 is 4.74 Å². The van der Waals surface area contributed by atoms with E-state index in [4.69, 9.17) is 4.74 Å². The van der Waals surface area contributed by atoms with Crippen molar-refractivity contribution in [3.8, 4) is 5.75 Å². The lowest BCUT2D eigenvalue weighted by molar-refractivity contribution is -0.0231. The maximum absolute atomic E-state index is 13.1. The number of ether oxygens (including phenoxy) is 1. The number of hydrogen-bond acceptors (Lipinski definition) is 6. The zero-order chi connectivity index (χ0) is 20.0. The van der Waals surface area contributed by atoms with Gasteiger partial charge in [-0.3, -0.25) is 4.79 Å². The minimum absolute atomic E-state index is 0.127. The zero-order valence-corrected chi connectivity index (χ0v) is 15.6. The highest BCUT2D eigenvalue weighted by molar-refractivity contribution is 5.91. The van der Waals surface area contributed by atoms with E-state index in [1.165, 1.54) is 16.6 Å². The Morgan fingerprint density at radius 3 is 2.69 bits per heavy atom. The van der Waals surface area contributed by atoms with Gasteiger partial charge in [0, 0.05) is 25.5 Å². The summed E-state index contributed by atoms with van der Waals surface area (Å²) in [4.78, 5) is 22.9. The van der Waals surface area contributed by atoms with Crippen molar-refractivity contribution < 1.29 is 19.0 Å². The zero-order valence-electron chi connectivity index (χ0n) is 15.6. The van der Waals surface area contributed by atoms with Crippen molar-refractivity contribution in [2.75, 3.05) is 13.1 Å². The van der Waals surface area contributed by atoms with E-state index in [2.05, 4.69) is 15.1 Å². The Morgan fingerprint density at radius 2 is 1.93 bits per heavy atom. The third-order valence-electron chi connectivity index (χ3n) is 5.78. The third-order valence-corrected chi connectivity index (χ3v) is 5.78. The monoisotopic (exact) mass is 397 g/mol. The third kappa shape index (κ3) is 3.42. The SMILES string of the molecule is O=C(c1nc2ncccn2n1)N1C[C@H]2C[C@@H](Oc3ccc(F)cc3)[C@H](O)C[C@H]2C1. The summed E-state index contributed by atoms with van der Waals surface area (Å²) in [5.41, 5.74) is 0. The van der Waals surface area contributed by atoms with Gasteiger partial charge in [-0.05, 0) is 55.0 Å². The van der Waals surface area contributed by atoms with E-state index in [9.17, 15) is 14.3 Å². The molecule has 1 aromatic carbocycles. The fourth-order valence-electron chi connectivity index (χ4n) is 4.34. The van der Waals surface area contributed by atoms with Gasteiger partial charge in [-0.25, -0.2) is 13.9 Å². The Labute approximate surface area is 166 Å². The Kier molecular flexibility index (Phi) is 4.39. The first-order valence-corrected chi connectivity index (χ1v) is 9.64. The topological polar surface area (TPSA) is 92.9 Å². The second-order valence-electron chi connectivity index (χ2n) is 7.68. The molecule has 3 heterocycles. The van der Waals surface area contributed by atoms with Gasteiger partial charge in [-0.2, -0.15) is 4.98 Å². The van der Waals surface area contributed by atoms with Gasteiger partial charge in [0.2, 0.25) is 5.82 Å². The molecule has 1 saturated heterocycles. The molecule has 1 amide bonds. The van der Waals surface area contributed by atoms with Gasteiger partial charge in [0.05, 0.1) is 6.10 Å².